The maximum Gasteiger partial charge on any atom is 0.257 e. The van der Waals surface area contributed by atoms with Gasteiger partial charge in [0.25, 0.3) is 5.91 Å². The lowest BCUT2D eigenvalue weighted by molar-refractivity contribution is 0.102. The number of anilines is 1. The average molecular weight is 539 g/mol. The van der Waals surface area contributed by atoms with E-state index in [0.717, 1.165) is 24.5 Å². The van der Waals surface area contributed by atoms with Gasteiger partial charge in [-0.05, 0) is 93.7 Å². The van der Waals surface area contributed by atoms with E-state index < -0.39 is 0 Å². The van der Waals surface area contributed by atoms with Crippen molar-refractivity contribution < 1.29 is 9.59 Å². The molecule has 2 aliphatic rings. The molecular formula is C32H24Cl2N2O2. The SMILES string of the molecule is NC1CCc2c3c(ccc2=C1C(=O)c1ccc(NC(=O)c2ccc(Cl)cc2Cl)cc1)=c1ccccc1=CC3. The van der Waals surface area contributed by atoms with Crippen LogP contribution in [0.2, 0.25) is 10.0 Å². The fourth-order valence-corrected chi connectivity index (χ4v) is 6.01. The van der Waals surface area contributed by atoms with E-state index >= 15 is 0 Å². The summed E-state index contributed by atoms with van der Waals surface area (Å²) in [6, 6.07) is 23.9. The number of carbonyl (C=O) groups is 2. The lowest BCUT2D eigenvalue weighted by atomic mass is 9.81. The fourth-order valence-electron chi connectivity index (χ4n) is 5.52. The maximum absolute atomic E-state index is 13.7. The number of nitrogens with two attached hydrogens (primary N) is 1. The third-order valence-electron chi connectivity index (χ3n) is 7.40. The number of ketones is 1. The van der Waals surface area contributed by atoms with Gasteiger partial charge in [0.2, 0.25) is 0 Å². The van der Waals surface area contributed by atoms with Gasteiger partial charge in [0.1, 0.15) is 0 Å². The minimum absolute atomic E-state index is 0.0859. The Kier molecular flexibility index (Phi) is 6.40. The Morgan fingerprint density at radius 2 is 1.61 bits per heavy atom. The second kappa shape index (κ2) is 9.88. The number of amides is 1. The highest BCUT2D eigenvalue weighted by atomic mass is 35.5. The van der Waals surface area contributed by atoms with Gasteiger partial charge in [-0.15, -0.1) is 0 Å². The molecule has 0 heterocycles. The van der Waals surface area contributed by atoms with Crippen LogP contribution in [0.1, 0.15) is 38.3 Å². The lowest BCUT2D eigenvalue weighted by Gasteiger charge is -2.24. The molecule has 6 heteroatoms. The largest absolute Gasteiger partial charge is 0.324 e. The molecule has 0 aromatic heterocycles. The quantitative estimate of drug-likeness (QED) is 0.352. The predicted octanol–water partition coefficient (Wildman–Crippen LogP) is 5.18. The number of halogens is 2. The molecule has 3 N–H and O–H groups in total. The Bertz CT molecular complexity index is 1850. The van der Waals surface area contributed by atoms with Crippen LogP contribution in [0.3, 0.4) is 0 Å². The number of nitrogens with one attached hydrogen (secondary N) is 1. The van der Waals surface area contributed by atoms with Gasteiger partial charge in [0.05, 0.1) is 10.6 Å². The lowest BCUT2D eigenvalue weighted by Crippen LogP contribution is -2.38. The third kappa shape index (κ3) is 4.35. The molecule has 1 unspecified atom stereocenters. The zero-order valence-electron chi connectivity index (χ0n) is 20.4. The molecule has 0 saturated heterocycles. The smallest absolute Gasteiger partial charge is 0.257 e. The van der Waals surface area contributed by atoms with Crippen LogP contribution in [0.15, 0.2) is 78.9 Å². The number of hydrogen-bond donors (Lipinski definition) is 2. The number of rotatable bonds is 4. The Morgan fingerprint density at radius 1 is 0.842 bits per heavy atom. The minimum Gasteiger partial charge on any atom is -0.324 e. The summed E-state index contributed by atoms with van der Waals surface area (Å²) in [4.78, 5) is 26.4. The van der Waals surface area contributed by atoms with E-state index in [2.05, 4.69) is 47.8 Å². The van der Waals surface area contributed by atoms with E-state index in [4.69, 9.17) is 28.9 Å². The molecular weight excluding hydrogens is 515 g/mol. The molecule has 4 aromatic carbocycles. The highest BCUT2D eigenvalue weighted by molar-refractivity contribution is 6.37. The van der Waals surface area contributed by atoms with E-state index in [1.54, 1.807) is 36.4 Å². The summed E-state index contributed by atoms with van der Waals surface area (Å²) in [5, 5.41) is 8.22. The van der Waals surface area contributed by atoms with Crippen LogP contribution in [-0.2, 0) is 12.8 Å². The minimum atomic E-state index is -0.355. The van der Waals surface area contributed by atoms with Crippen LogP contribution in [0.25, 0.3) is 11.6 Å². The predicted molar refractivity (Wildman–Crippen MR) is 153 cm³/mol. The standard InChI is InChI=1S/C32H24Cl2N2O2/c33-20-8-12-27(28(34)17-20)32(38)36-21-9-5-19(6-10-21)31(37)30-26-14-13-23-22-4-2-1-3-18(22)7-11-24(23)25(26)15-16-29(30)35/h1-10,12-14,17,29H,11,15-16,35H2,(H,36,38). The normalized spacial score (nSPS) is 15.6. The third-order valence-corrected chi connectivity index (χ3v) is 7.95. The topological polar surface area (TPSA) is 72.2 Å². The zero-order valence-corrected chi connectivity index (χ0v) is 21.9. The van der Waals surface area contributed by atoms with Gasteiger partial charge in [0, 0.05) is 27.9 Å². The summed E-state index contributed by atoms with van der Waals surface area (Å²) >= 11 is 12.1. The van der Waals surface area contributed by atoms with Crippen molar-refractivity contribution >= 4 is 52.2 Å². The zero-order chi connectivity index (χ0) is 26.4. The molecule has 4 nitrogen and oxygen atoms in total. The number of carbonyl (C=O) groups excluding carboxylic acids is 2. The molecule has 0 spiro atoms. The van der Waals surface area contributed by atoms with Crippen molar-refractivity contribution in [3.05, 3.63) is 132 Å². The molecule has 4 aromatic rings. The van der Waals surface area contributed by atoms with Crippen molar-refractivity contribution in [3.63, 3.8) is 0 Å². The van der Waals surface area contributed by atoms with Crippen LogP contribution in [-0.4, -0.2) is 17.7 Å². The molecule has 0 bridgehead atoms. The number of benzene rings is 4. The average Bonchev–Trinajstić information content (AvgIpc) is 2.92. The van der Waals surface area contributed by atoms with Gasteiger partial charge in [-0.3, -0.25) is 9.59 Å². The molecule has 0 aliphatic heterocycles. The molecule has 2 aliphatic carbocycles. The fraction of sp³-hybridized carbons (Fsp3) is 0.125. The Hall–Kier alpha value is -3.70. The summed E-state index contributed by atoms with van der Waals surface area (Å²) in [5.74, 6) is -0.441. The number of hydrogen-bond acceptors (Lipinski definition) is 3. The monoisotopic (exact) mass is 538 g/mol. The van der Waals surface area contributed by atoms with Gasteiger partial charge >= 0.3 is 0 Å². The summed E-state index contributed by atoms with van der Waals surface area (Å²) in [6.07, 6.45) is 4.68. The molecule has 1 atom stereocenters. The molecule has 188 valence electrons. The van der Waals surface area contributed by atoms with Gasteiger partial charge in [0.15, 0.2) is 5.78 Å². The van der Waals surface area contributed by atoms with E-state index in [0.29, 0.717) is 27.4 Å². The Morgan fingerprint density at radius 3 is 2.39 bits per heavy atom. The van der Waals surface area contributed by atoms with Crippen LogP contribution in [0.4, 0.5) is 5.69 Å². The highest BCUT2D eigenvalue weighted by Gasteiger charge is 2.26. The van der Waals surface area contributed by atoms with Crippen LogP contribution < -0.4 is 21.5 Å². The molecule has 38 heavy (non-hydrogen) atoms. The first-order chi connectivity index (χ1) is 18.4. The van der Waals surface area contributed by atoms with Crippen molar-refractivity contribution in [2.45, 2.75) is 25.3 Å². The van der Waals surface area contributed by atoms with Crippen molar-refractivity contribution in [2.24, 2.45) is 5.73 Å². The Labute approximate surface area is 229 Å². The number of fused-ring (bicyclic) bond motifs is 4. The van der Waals surface area contributed by atoms with Crippen molar-refractivity contribution in [3.8, 4) is 0 Å². The second-order valence-corrected chi connectivity index (χ2v) is 10.5. The summed E-state index contributed by atoms with van der Waals surface area (Å²) in [5.41, 5.74) is 11.1. The Balaban J connectivity index is 1.35. The van der Waals surface area contributed by atoms with Gasteiger partial charge in [-0.1, -0.05) is 65.7 Å². The first kappa shape index (κ1) is 24.6. The van der Waals surface area contributed by atoms with E-state index in [-0.39, 0.29) is 22.8 Å². The van der Waals surface area contributed by atoms with Crippen LogP contribution in [0, 0.1) is 10.4 Å². The van der Waals surface area contributed by atoms with Crippen LogP contribution in [0.5, 0.6) is 0 Å². The maximum atomic E-state index is 13.7. The molecule has 0 saturated carbocycles. The van der Waals surface area contributed by atoms with Gasteiger partial charge < -0.3 is 11.1 Å². The van der Waals surface area contributed by atoms with E-state index in [1.807, 2.05) is 0 Å². The second-order valence-electron chi connectivity index (χ2n) is 9.66. The number of Topliss-reactive ketones (excluding diaryl/α,β-unsaturated/α-hetero) is 1. The van der Waals surface area contributed by atoms with Gasteiger partial charge in [-0.2, -0.15) is 0 Å². The first-order valence-electron chi connectivity index (χ1n) is 12.5. The van der Waals surface area contributed by atoms with Crippen LogP contribution >= 0.6 is 23.2 Å². The molecule has 6 rings (SSSR count). The summed E-state index contributed by atoms with van der Waals surface area (Å²) in [7, 11) is 0. The molecule has 1 amide bonds. The van der Waals surface area contributed by atoms with Crippen molar-refractivity contribution in [1.29, 1.82) is 0 Å². The summed E-state index contributed by atoms with van der Waals surface area (Å²) < 4.78 is 0. The van der Waals surface area contributed by atoms with E-state index in [9.17, 15) is 9.59 Å². The molecule has 0 fully saturated rings. The first-order valence-corrected chi connectivity index (χ1v) is 13.3. The van der Waals surface area contributed by atoms with Gasteiger partial charge in [-0.25, -0.2) is 0 Å². The van der Waals surface area contributed by atoms with Crippen molar-refractivity contribution in [2.75, 3.05) is 5.32 Å². The molecule has 0 radical (unpaired) electrons. The van der Waals surface area contributed by atoms with Crippen molar-refractivity contribution in [1.82, 2.24) is 0 Å². The highest BCUT2D eigenvalue weighted by Crippen LogP contribution is 2.25. The summed E-state index contributed by atoms with van der Waals surface area (Å²) in [6.45, 7) is 0. The van der Waals surface area contributed by atoms with E-state index in [1.165, 1.54) is 32.8 Å².